The fourth-order valence-corrected chi connectivity index (χ4v) is 2.96. The standard InChI is InChI=1S/C20H22N2O4/c1-4-15-7-5-6-13(2)20(15)21-19(24)11-22(14(3)23)16-8-9-17-18(10-16)26-12-25-17/h5-10H,4,11-12H2,1-3H3,(H,21,24). The number of carbonyl (C=O) groups excluding carboxylic acids is 2. The summed E-state index contributed by atoms with van der Waals surface area (Å²) >= 11 is 0. The summed E-state index contributed by atoms with van der Waals surface area (Å²) < 4.78 is 10.6. The maximum Gasteiger partial charge on any atom is 0.244 e. The van der Waals surface area contributed by atoms with Gasteiger partial charge in [-0.25, -0.2) is 0 Å². The minimum Gasteiger partial charge on any atom is -0.454 e. The molecule has 0 radical (unpaired) electrons. The molecule has 136 valence electrons. The van der Waals surface area contributed by atoms with E-state index in [0.717, 1.165) is 23.2 Å². The van der Waals surface area contributed by atoms with Crippen LogP contribution in [-0.4, -0.2) is 25.2 Å². The lowest BCUT2D eigenvalue weighted by molar-refractivity contribution is -0.120. The van der Waals surface area contributed by atoms with Crippen LogP contribution in [0.2, 0.25) is 0 Å². The second kappa shape index (κ2) is 7.47. The summed E-state index contributed by atoms with van der Waals surface area (Å²) in [7, 11) is 0. The van der Waals surface area contributed by atoms with Crippen LogP contribution in [0.3, 0.4) is 0 Å². The van der Waals surface area contributed by atoms with Crippen molar-refractivity contribution in [1.29, 1.82) is 0 Å². The van der Waals surface area contributed by atoms with E-state index in [4.69, 9.17) is 9.47 Å². The molecule has 0 unspecified atom stereocenters. The van der Waals surface area contributed by atoms with Crippen molar-refractivity contribution in [2.24, 2.45) is 0 Å². The second-order valence-electron chi connectivity index (χ2n) is 6.15. The monoisotopic (exact) mass is 354 g/mol. The number of aryl methyl sites for hydroxylation is 2. The first kappa shape index (κ1) is 17.8. The third kappa shape index (κ3) is 3.64. The number of carbonyl (C=O) groups is 2. The van der Waals surface area contributed by atoms with Crippen molar-refractivity contribution in [3.05, 3.63) is 47.5 Å². The number of benzene rings is 2. The van der Waals surface area contributed by atoms with Gasteiger partial charge in [-0.05, 0) is 36.6 Å². The molecule has 3 rings (SSSR count). The molecule has 26 heavy (non-hydrogen) atoms. The molecule has 2 aromatic carbocycles. The van der Waals surface area contributed by atoms with Gasteiger partial charge in [-0.1, -0.05) is 25.1 Å². The van der Waals surface area contributed by atoms with E-state index in [2.05, 4.69) is 5.32 Å². The number of fused-ring (bicyclic) bond motifs is 1. The first-order valence-corrected chi connectivity index (χ1v) is 8.55. The lowest BCUT2D eigenvalue weighted by atomic mass is 10.1. The lowest BCUT2D eigenvalue weighted by Crippen LogP contribution is -2.36. The van der Waals surface area contributed by atoms with E-state index in [1.54, 1.807) is 18.2 Å². The number of rotatable bonds is 5. The van der Waals surface area contributed by atoms with Gasteiger partial charge in [0.25, 0.3) is 0 Å². The molecule has 0 aromatic heterocycles. The number of nitrogens with zero attached hydrogens (tertiary/aromatic N) is 1. The van der Waals surface area contributed by atoms with Crippen molar-refractivity contribution in [3.63, 3.8) is 0 Å². The minimum absolute atomic E-state index is 0.0769. The van der Waals surface area contributed by atoms with Gasteiger partial charge in [0.2, 0.25) is 18.6 Å². The van der Waals surface area contributed by atoms with Crippen LogP contribution in [0.25, 0.3) is 0 Å². The van der Waals surface area contributed by atoms with Crippen LogP contribution >= 0.6 is 0 Å². The van der Waals surface area contributed by atoms with Gasteiger partial charge in [-0.3, -0.25) is 9.59 Å². The number of ether oxygens (including phenoxy) is 2. The number of anilines is 2. The summed E-state index contributed by atoms with van der Waals surface area (Å²) in [5.41, 5.74) is 3.47. The Kier molecular flexibility index (Phi) is 5.11. The van der Waals surface area contributed by atoms with Gasteiger partial charge in [0.1, 0.15) is 6.54 Å². The Hall–Kier alpha value is -3.02. The molecular weight excluding hydrogens is 332 g/mol. The zero-order chi connectivity index (χ0) is 18.7. The maximum atomic E-state index is 12.6. The van der Waals surface area contributed by atoms with Crippen LogP contribution in [0.5, 0.6) is 11.5 Å². The van der Waals surface area contributed by atoms with Gasteiger partial charge in [-0.15, -0.1) is 0 Å². The van der Waals surface area contributed by atoms with E-state index >= 15 is 0 Å². The average Bonchev–Trinajstić information content (AvgIpc) is 3.08. The van der Waals surface area contributed by atoms with E-state index in [1.165, 1.54) is 11.8 Å². The van der Waals surface area contributed by atoms with Gasteiger partial charge in [0.05, 0.1) is 0 Å². The predicted molar refractivity (Wildman–Crippen MR) is 99.8 cm³/mol. The summed E-state index contributed by atoms with van der Waals surface area (Å²) in [5.74, 6) is 0.733. The first-order chi connectivity index (χ1) is 12.5. The molecule has 0 atom stereocenters. The Morgan fingerprint density at radius 1 is 1.15 bits per heavy atom. The summed E-state index contributed by atoms with van der Waals surface area (Å²) in [6, 6.07) is 11.1. The van der Waals surface area contributed by atoms with E-state index in [0.29, 0.717) is 17.2 Å². The summed E-state index contributed by atoms with van der Waals surface area (Å²) in [6.07, 6.45) is 0.815. The maximum absolute atomic E-state index is 12.6. The molecule has 0 saturated carbocycles. The molecule has 2 amide bonds. The van der Waals surface area contributed by atoms with E-state index in [-0.39, 0.29) is 25.2 Å². The number of hydrogen-bond acceptors (Lipinski definition) is 4. The third-order valence-electron chi connectivity index (χ3n) is 4.35. The van der Waals surface area contributed by atoms with E-state index in [9.17, 15) is 9.59 Å². The number of hydrogen-bond donors (Lipinski definition) is 1. The van der Waals surface area contributed by atoms with Crippen LogP contribution in [0.4, 0.5) is 11.4 Å². The van der Waals surface area contributed by atoms with Gasteiger partial charge >= 0.3 is 0 Å². The quantitative estimate of drug-likeness (QED) is 0.895. The van der Waals surface area contributed by atoms with E-state index < -0.39 is 0 Å². The highest BCUT2D eigenvalue weighted by Gasteiger charge is 2.21. The minimum atomic E-state index is -0.248. The Labute approximate surface area is 152 Å². The van der Waals surface area contributed by atoms with Crippen LogP contribution in [0, 0.1) is 6.92 Å². The number of para-hydroxylation sites is 1. The molecule has 0 saturated heterocycles. The van der Waals surface area contributed by atoms with Gasteiger partial charge in [0.15, 0.2) is 11.5 Å². The van der Waals surface area contributed by atoms with Crippen molar-refractivity contribution in [2.75, 3.05) is 23.6 Å². The Morgan fingerprint density at radius 3 is 2.65 bits per heavy atom. The molecule has 6 nitrogen and oxygen atoms in total. The van der Waals surface area contributed by atoms with Crippen molar-refractivity contribution in [1.82, 2.24) is 0 Å². The Bertz CT molecular complexity index is 848. The van der Waals surface area contributed by atoms with Gasteiger partial charge < -0.3 is 19.7 Å². The first-order valence-electron chi connectivity index (χ1n) is 8.55. The van der Waals surface area contributed by atoms with Crippen molar-refractivity contribution in [3.8, 4) is 11.5 Å². The van der Waals surface area contributed by atoms with Gasteiger partial charge in [-0.2, -0.15) is 0 Å². The van der Waals surface area contributed by atoms with Crippen molar-refractivity contribution < 1.29 is 19.1 Å². The molecule has 0 spiro atoms. The van der Waals surface area contributed by atoms with Crippen LogP contribution in [0.1, 0.15) is 25.0 Å². The fraction of sp³-hybridized carbons (Fsp3) is 0.300. The molecule has 1 aliphatic heterocycles. The zero-order valence-corrected chi connectivity index (χ0v) is 15.2. The largest absolute Gasteiger partial charge is 0.454 e. The molecule has 2 aromatic rings. The molecule has 1 aliphatic rings. The fourth-order valence-electron chi connectivity index (χ4n) is 2.96. The topological polar surface area (TPSA) is 67.9 Å². The molecule has 0 aliphatic carbocycles. The number of amides is 2. The molecular formula is C20H22N2O4. The highest BCUT2D eigenvalue weighted by atomic mass is 16.7. The van der Waals surface area contributed by atoms with Crippen LogP contribution in [-0.2, 0) is 16.0 Å². The van der Waals surface area contributed by atoms with Crippen molar-refractivity contribution >= 4 is 23.2 Å². The zero-order valence-electron chi connectivity index (χ0n) is 15.2. The summed E-state index contributed by atoms with van der Waals surface area (Å²) in [6.45, 7) is 5.51. The Balaban J connectivity index is 1.79. The second-order valence-corrected chi connectivity index (χ2v) is 6.15. The summed E-state index contributed by atoms with van der Waals surface area (Å²) in [4.78, 5) is 26.1. The van der Waals surface area contributed by atoms with Crippen LogP contribution < -0.4 is 19.7 Å². The molecule has 0 fully saturated rings. The third-order valence-corrected chi connectivity index (χ3v) is 4.35. The normalized spacial score (nSPS) is 12.0. The highest BCUT2D eigenvalue weighted by molar-refractivity contribution is 6.02. The van der Waals surface area contributed by atoms with E-state index in [1.807, 2.05) is 32.0 Å². The molecule has 0 bridgehead atoms. The van der Waals surface area contributed by atoms with Crippen LogP contribution in [0.15, 0.2) is 36.4 Å². The van der Waals surface area contributed by atoms with Crippen molar-refractivity contribution in [2.45, 2.75) is 27.2 Å². The highest BCUT2D eigenvalue weighted by Crippen LogP contribution is 2.35. The molecule has 6 heteroatoms. The number of nitrogens with one attached hydrogen (secondary N) is 1. The Morgan fingerprint density at radius 2 is 1.92 bits per heavy atom. The predicted octanol–water partition coefficient (Wildman–Crippen LogP) is 3.28. The lowest BCUT2D eigenvalue weighted by Gasteiger charge is -2.22. The van der Waals surface area contributed by atoms with Gasteiger partial charge in [0, 0.05) is 24.4 Å². The molecule has 1 heterocycles. The SMILES string of the molecule is CCc1cccc(C)c1NC(=O)CN(C(C)=O)c1ccc2c(c1)OCO2. The summed E-state index contributed by atoms with van der Waals surface area (Å²) in [5, 5.41) is 2.95. The molecule has 1 N–H and O–H groups in total. The smallest absolute Gasteiger partial charge is 0.244 e. The average molecular weight is 354 g/mol.